The number of carboxylic acids is 2. The van der Waals surface area contributed by atoms with Gasteiger partial charge in [-0.3, -0.25) is 14.4 Å². The molecule has 1 fully saturated rings. The Balaban J connectivity index is 2.93. The standard InChI is InChI=1S/C12H19NO6/c1-12(2,3)19-11(18)8-7(10(16)17)6(9(14)15)4-5-13-8/h6-8,13H,4-5H2,1-3H3,(H,14,15)(H,16,17). The van der Waals surface area contributed by atoms with Gasteiger partial charge in [0, 0.05) is 0 Å². The predicted octanol–water partition coefficient (Wildman–Crippen LogP) is 0.0916. The van der Waals surface area contributed by atoms with E-state index in [4.69, 9.17) is 14.9 Å². The maximum absolute atomic E-state index is 12.0. The summed E-state index contributed by atoms with van der Waals surface area (Å²) in [5.41, 5.74) is -0.752. The number of aliphatic carboxylic acids is 2. The van der Waals surface area contributed by atoms with Gasteiger partial charge in [-0.2, -0.15) is 0 Å². The fraction of sp³-hybridized carbons (Fsp3) is 0.750. The van der Waals surface area contributed by atoms with Crippen LogP contribution in [0, 0.1) is 11.8 Å². The Morgan fingerprint density at radius 1 is 1.16 bits per heavy atom. The van der Waals surface area contributed by atoms with Crippen LogP contribution < -0.4 is 5.32 Å². The van der Waals surface area contributed by atoms with Gasteiger partial charge in [0.15, 0.2) is 0 Å². The van der Waals surface area contributed by atoms with Crippen LogP contribution in [0.3, 0.4) is 0 Å². The smallest absolute Gasteiger partial charge is 0.324 e. The van der Waals surface area contributed by atoms with Gasteiger partial charge in [-0.15, -0.1) is 0 Å². The van der Waals surface area contributed by atoms with Gasteiger partial charge in [-0.25, -0.2) is 0 Å². The number of esters is 1. The molecule has 0 bridgehead atoms. The Kier molecular flexibility index (Phi) is 4.52. The van der Waals surface area contributed by atoms with Crippen LogP contribution in [0.25, 0.3) is 0 Å². The van der Waals surface area contributed by atoms with E-state index in [0.717, 1.165) is 0 Å². The van der Waals surface area contributed by atoms with E-state index in [1.807, 2.05) is 0 Å². The van der Waals surface area contributed by atoms with E-state index in [1.165, 1.54) is 0 Å². The van der Waals surface area contributed by atoms with Crippen LogP contribution in [-0.4, -0.2) is 46.3 Å². The number of rotatable bonds is 3. The molecule has 0 radical (unpaired) electrons. The second-order valence-corrected chi connectivity index (χ2v) is 5.56. The Morgan fingerprint density at radius 2 is 1.74 bits per heavy atom. The first-order valence-corrected chi connectivity index (χ1v) is 6.05. The fourth-order valence-electron chi connectivity index (χ4n) is 2.12. The van der Waals surface area contributed by atoms with Gasteiger partial charge in [-0.05, 0) is 33.7 Å². The molecular formula is C12H19NO6. The molecule has 1 rings (SSSR count). The van der Waals surface area contributed by atoms with Gasteiger partial charge in [0.25, 0.3) is 0 Å². The molecule has 0 aromatic carbocycles. The molecule has 3 atom stereocenters. The molecule has 19 heavy (non-hydrogen) atoms. The summed E-state index contributed by atoms with van der Waals surface area (Å²) in [6, 6.07) is -1.13. The van der Waals surface area contributed by atoms with Crippen molar-refractivity contribution in [2.24, 2.45) is 11.8 Å². The first-order chi connectivity index (χ1) is 8.63. The van der Waals surface area contributed by atoms with Crippen molar-refractivity contribution >= 4 is 17.9 Å². The SMILES string of the molecule is CC(C)(C)OC(=O)C1NCCC(C(=O)O)C1C(=O)O. The van der Waals surface area contributed by atoms with Crippen LogP contribution in [0.4, 0.5) is 0 Å². The van der Waals surface area contributed by atoms with Crippen molar-refractivity contribution in [2.45, 2.75) is 38.8 Å². The second kappa shape index (κ2) is 5.56. The number of piperidine rings is 1. The van der Waals surface area contributed by atoms with Gasteiger partial charge in [0.05, 0.1) is 11.8 Å². The first-order valence-electron chi connectivity index (χ1n) is 6.05. The third-order valence-corrected chi connectivity index (χ3v) is 2.88. The van der Waals surface area contributed by atoms with Crippen molar-refractivity contribution in [1.29, 1.82) is 0 Å². The third kappa shape index (κ3) is 3.92. The van der Waals surface area contributed by atoms with Crippen molar-refractivity contribution in [2.75, 3.05) is 6.54 Å². The molecule has 0 saturated carbocycles. The molecule has 1 heterocycles. The molecule has 3 N–H and O–H groups in total. The maximum atomic E-state index is 12.0. The van der Waals surface area contributed by atoms with Gasteiger partial charge >= 0.3 is 17.9 Å². The predicted molar refractivity (Wildman–Crippen MR) is 64.5 cm³/mol. The van der Waals surface area contributed by atoms with Gasteiger partial charge in [-0.1, -0.05) is 0 Å². The number of carboxylic acid groups (broad SMARTS) is 2. The summed E-state index contributed by atoms with van der Waals surface area (Å²) in [7, 11) is 0. The monoisotopic (exact) mass is 273 g/mol. The lowest BCUT2D eigenvalue weighted by Crippen LogP contribution is -2.56. The van der Waals surface area contributed by atoms with Crippen LogP contribution in [0.1, 0.15) is 27.2 Å². The van der Waals surface area contributed by atoms with Crippen LogP contribution in [0.2, 0.25) is 0 Å². The topological polar surface area (TPSA) is 113 Å². The fourth-order valence-corrected chi connectivity index (χ4v) is 2.12. The van der Waals surface area contributed by atoms with E-state index >= 15 is 0 Å². The Bertz CT molecular complexity index is 386. The molecular weight excluding hydrogens is 254 g/mol. The zero-order chi connectivity index (χ0) is 14.8. The summed E-state index contributed by atoms with van der Waals surface area (Å²) in [5, 5.41) is 20.9. The summed E-state index contributed by atoms with van der Waals surface area (Å²) in [4.78, 5) is 34.3. The average Bonchev–Trinajstić information content (AvgIpc) is 2.25. The van der Waals surface area contributed by atoms with E-state index in [9.17, 15) is 14.4 Å². The molecule has 0 aromatic rings. The average molecular weight is 273 g/mol. The summed E-state index contributed by atoms with van der Waals surface area (Å²) < 4.78 is 5.13. The molecule has 0 spiro atoms. The zero-order valence-corrected chi connectivity index (χ0v) is 11.2. The molecule has 7 heteroatoms. The van der Waals surface area contributed by atoms with Crippen molar-refractivity contribution in [3.63, 3.8) is 0 Å². The van der Waals surface area contributed by atoms with E-state index in [-0.39, 0.29) is 13.0 Å². The van der Waals surface area contributed by atoms with Gasteiger partial charge in [0.1, 0.15) is 11.6 Å². The van der Waals surface area contributed by atoms with Crippen molar-refractivity contribution < 1.29 is 29.3 Å². The maximum Gasteiger partial charge on any atom is 0.324 e. The van der Waals surface area contributed by atoms with Crippen molar-refractivity contribution in [3.8, 4) is 0 Å². The molecule has 3 unspecified atom stereocenters. The molecule has 0 aliphatic carbocycles. The van der Waals surface area contributed by atoms with E-state index < -0.39 is 41.4 Å². The quantitative estimate of drug-likeness (QED) is 0.624. The highest BCUT2D eigenvalue weighted by atomic mass is 16.6. The highest BCUT2D eigenvalue weighted by molar-refractivity contribution is 5.88. The summed E-state index contributed by atoms with van der Waals surface area (Å²) in [5.74, 6) is -5.65. The Morgan fingerprint density at radius 3 is 2.16 bits per heavy atom. The molecule has 1 aliphatic rings. The number of nitrogens with one attached hydrogen (secondary N) is 1. The minimum absolute atomic E-state index is 0.172. The van der Waals surface area contributed by atoms with Gasteiger partial charge < -0.3 is 20.3 Å². The number of hydrogen-bond acceptors (Lipinski definition) is 5. The zero-order valence-electron chi connectivity index (χ0n) is 11.2. The second-order valence-electron chi connectivity index (χ2n) is 5.56. The lowest BCUT2D eigenvalue weighted by molar-refractivity contribution is -0.169. The summed E-state index contributed by atoms with van der Waals surface area (Å²) >= 11 is 0. The number of carbonyl (C=O) groups is 3. The summed E-state index contributed by atoms with van der Waals surface area (Å²) in [6.45, 7) is 5.26. The van der Waals surface area contributed by atoms with Crippen LogP contribution >= 0.6 is 0 Å². The van der Waals surface area contributed by atoms with E-state index in [1.54, 1.807) is 20.8 Å². The highest BCUT2D eigenvalue weighted by Gasteiger charge is 2.46. The van der Waals surface area contributed by atoms with Crippen molar-refractivity contribution in [1.82, 2.24) is 5.32 Å². The first kappa shape index (κ1) is 15.4. The minimum Gasteiger partial charge on any atom is -0.481 e. The molecule has 1 saturated heterocycles. The normalized spacial score (nSPS) is 27.6. The molecule has 0 aromatic heterocycles. The molecule has 7 nitrogen and oxygen atoms in total. The van der Waals surface area contributed by atoms with Crippen molar-refractivity contribution in [3.05, 3.63) is 0 Å². The highest BCUT2D eigenvalue weighted by Crippen LogP contribution is 2.26. The third-order valence-electron chi connectivity index (χ3n) is 2.88. The minimum atomic E-state index is -1.32. The largest absolute Gasteiger partial charge is 0.481 e. The van der Waals surface area contributed by atoms with Crippen LogP contribution in [-0.2, 0) is 19.1 Å². The number of ether oxygens (including phenoxy) is 1. The van der Waals surface area contributed by atoms with Gasteiger partial charge in [0.2, 0.25) is 0 Å². The summed E-state index contributed by atoms with van der Waals surface area (Å²) in [6.07, 6.45) is 0.172. The van der Waals surface area contributed by atoms with Crippen LogP contribution in [0.15, 0.2) is 0 Å². The molecule has 0 amide bonds. The lowest BCUT2D eigenvalue weighted by atomic mass is 9.80. The number of carbonyl (C=O) groups excluding carboxylic acids is 1. The van der Waals surface area contributed by atoms with Crippen LogP contribution in [0.5, 0.6) is 0 Å². The Labute approximate surface area is 110 Å². The van der Waals surface area contributed by atoms with E-state index in [0.29, 0.717) is 0 Å². The molecule has 1 aliphatic heterocycles. The Hall–Kier alpha value is -1.63. The lowest BCUT2D eigenvalue weighted by Gasteiger charge is -2.34. The van der Waals surface area contributed by atoms with E-state index in [2.05, 4.69) is 5.32 Å². The number of hydrogen-bond donors (Lipinski definition) is 3. The molecule has 108 valence electrons.